The molecule has 0 atom stereocenters. The van der Waals surface area contributed by atoms with E-state index in [0.717, 1.165) is 11.8 Å². The second kappa shape index (κ2) is 11.2. The van der Waals surface area contributed by atoms with Crippen LogP contribution in [0.3, 0.4) is 0 Å². The van der Waals surface area contributed by atoms with Crippen molar-refractivity contribution < 1.29 is 18.7 Å². The molecule has 1 aromatic heterocycles. The van der Waals surface area contributed by atoms with Crippen LogP contribution in [0.4, 0.5) is 4.39 Å². The minimum Gasteiger partial charge on any atom is -0.496 e. The second-order valence-corrected chi connectivity index (χ2v) is 8.80. The molecular weight excluding hydrogens is 469 g/mol. The molecule has 33 heavy (non-hydrogen) atoms. The zero-order valence-electron chi connectivity index (χ0n) is 18.3. The summed E-state index contributed by atoms with van der Waals surface area (Å²) in [5.74, 6) is -0.511. The van der Waals surface area contributed by atoms with Crippen molar-refractivity contribution in [2.24, 2.45) is 5.92 Å². The summed E-state index contributed by atoms with van der Waals surface area (Å²) in [4.78, 5) is 24.7. The number of rotatable bonds is 8. The molecule has 0 bridgehead atoms. The van der Waals surface area contributed by atoms with E-state index < -0.39 is 17.6 Å². The number of thioether (sulfide) groups is 1. The van der Waals surface area contributed by atoms with Crippen LogP contribution in [0.2, 0.25) is 5.02 Å². The highest BCUT2D eigenvalue weighted by Crippen LogP contribution is 2.27. The summed E-state index contributed by atoms with van der Waals surface area (Å²) in [7, 11) is 1.43. The molecule has 0 saturated carbocycles. The van der Waals surface area contributed by atoms with E-state index in [1.54, 1.807) is 34.9 Å². The maximum atomic E-state index is 14.3. The number of nitrogens with zero attached hydrogens (tertiary/aromatic N) is 3. The van der Waals surface area contributed by atoms with Gasteiger partial charge in [0.25, 0.3) is 5.91 Å². The molecule has 1 heterocycles. The van der Waals surface area contributed by atoms with Crippen LogP contribution in [0.5, 0.6) is 5.75 Å². The highest BCUT2D eigenvalue weighted by Gasteiger charge is 2.19. The largest absolute Gasteiger partial charge is 0.496 e. The van der Waals surface area contributed by atoms with Crippen molar-refractivity contribution in [1.82, 2.24) is 25.6 Å². The number of ether oxygens (including phenoxy) is 1. The van der Waals surface area contributed by atoms with E-state index in [1.165, 1.54) is 19.2 Å². The summed E-state index contributed by atoms with van der Waals surface area (Å²) < 4.78 is 21.2. The summed E-state index contributed by atoms with van der Waals surface area (Å²) in [6.07, 6.45) is 0. The molecule has 8 nitrogen and oxygen atoms in total. The Labute approximate surface area is 199 Å². The van der Waals surface area contributed by atoms with Gasteiger partial charge in [-0.15, -0.1) is 10.2 Å². The molecule has 174 valence electrons. The first-order valence-electron chi connectivity index (χ1n) is 10.0. The fraction of sp³-hybridized carbons (Fsp3) is 0.273. The number of aromatic nitrogens is 3. The summed E-state index contributed by atoms with van der Waals surface area (Å²) in [6.45, 7) is 4.59. The number of nitrogens with one attached hydrogen (secondary N) is 2. The number of methoxy groups -OCH3 is 1. The Bertz CT molecular complexity index is 1150. The third kappa shape index (κ3) is 6.23. The third-order valence-electron chi connectivity index (χ3n) is 4.43. The first-order chi connectivity index (χ1) is 15.8. The number of carbonyl (C=O) groups excluding carboxylic acids is 2. The maximum absolute atomic E-state index is 14.3. The fourth-order valence-electron chi connectivity index (χ4n) is 2.98. The zero-order valence-corrected chi connectivity index (χ0v) is 19.8. The van der Waals surface area contributed by atoms with Gasteiger partial charge in [-0.25, -0.2) is 4.39 Å². The molecule has 0 aliphatic rings. The first kappa shape index (κ1) is 24.5. The summed E-state index contributed by atoms with van der Waals surface area (Å²) in [5.41, 5.74) is 5.22. The average molecular weight is 492 g/mol. The highest BCUT2D eigenvalue weighted by molar-refractivity contribution is 7.99. The fourth-order valence-corrected chi connectivity index (χ4v) is 3.90. The molecule has 0 spiro atoms. The van der Waals surface area contributed by atoms with E-state index in [2.05, 4.69) is 21.0 Å². The zero-order chi connectivity index (χ0) is 24.0. The van der Waals surface area contributed by atoms with E-state index in [0.29, 0.717) is 33.9 Å². The molecule has 2 aromatic carbocycles. The molecule has 0 aliphatic heterocycles. The van der Waals surface area contributed by atoms with Crippen LogP contribution in [0.1, 0.15) is 24.2 Å². The predicted molar refractivity (Wildman–Crippen MR) is 125 cm³/mol. The van der Waals surface area contributed by atoms with E-state index in [9.17, 15) is 14.0 Å². The maximum Gasteiger partial charge on any atom is 0.273 e. The van der Waals surface area contributed by atoms with Crippen LogP contribution in [0.15, 0.2) is 47.6 Å². The van der Waals surface area contributed by atoms with Crippen molar-refractivity contribution in [3.8, 4) is 17.1 Å². The van der Waals surface area contributed by atoms with Gasteiger partial charge >= 0.3 is 0 Å². The first-order valence-corrected chi connectivity index (χ1v) is 11.4. The molecule has 3 rings (SSSR count). The van der Waals surface area contributed by atoms with Crippen LogP contribution >= 0.6 is 23.4 Å². The highest BCUT2D eigenvalue weighted by atomic mass is 35.5. The minimum absolute atomic E-state index is 0.0412. The Kier molecular flexibility index (Phi) is 8.29. The van der Waals surface area contributed by atoms with Crippen molar-refractivity contribution >= 4 is 35.2 Å². The van der Waals surface area contributed by atoms with Crippen molar-refractivity contribution in [1.29, 1.82) is 0 Å². The summed E-state index contributed by atoms with van der Waals surface area (Å²) in [5, 5.41) is 9.12. The lowest BCUT2D eigenvalue weighted by Gasteiger charge is -2.13. The Balaban J connectivity index is 1.66. The lowest BCUT2D eigenvalue weighted by atomic mass is 10.2. The van der Waals surface area contributed by atoms with Gasteiger partial charge < -0.3 is 9.30 Å². The predicted octanol–water partition coefficient (Wildman–Crippen LogP) is 3.96. The van der Waals surface area contributed by atoms with Crippen LogP contribution in [0.25, 0.3) is 11.4 Å². The Morgan fingerprint density at radius 2 is 1.94 bits per heavy atom. The van der Waals surface area contributed by atoms with Gasteiger partial charge in [-0.3, -0.25) is 20.4 Å². The molecule has 0 fully saturated rings. The number of benzene rings is 2. The number of hydrogen-bond acceptors (Lipinski definition) is 6. The van der Waals surface area contributed by atoms with Crippen LogP contribution < -0.4 is 15.6 Å². The van der Waals surface area contributed by atoms with Crippen molar-refractivity contribution in [2.45, 2.75) is 25.5 Å². The topological polar surface area (TPSA) is 98.1 Å². The Morgan fingerprint density at radius 3 is 2.64 bits per heavy atom. The number of carbonyl (C=O) groups is 2. The molecule has 0 aliphatic carbocycles. The molecule has 0 radical (unpaired) electrons. The van der Waals surface area contributed by atoms with Gasteiger partial charge in [-0.05, 0) is 36.2 Å². The van der Waals surface area contributed by atoms with Gasteiger partial charge in [-0.1, -0.05) is 49.3 Å². The van der Waals surface area contributed by atoms with Gasteiger partial charge in [-0.2, -0.15) is 0 Å². The molecule has 0 saturated heterocycles. The van der Waals surface area contributed by atoms with E-state index in [4.69, 9.17) is 16.3 Å². The van der Waals surface area contributed by atoms with Crippen molar-refractivity contribution in [3.63, 3.8) is 0 Å². The van der Waals surface area contributed by atoms with Crippen LogP contribution in [0, 0.1) is 11.7 Å². The Hall–Kier alpha value is -3.11. The number of amides is 2. The quantitative estimate of drug-likeness (QED) is 0.365. The van der Waals surface area contributed by atoms with Gasteiger partial charge in [0.05, 0.1) is 24.0 Å². The van der Waals surface area contributed by atoms with E-state index in [-0.39, 0.29) is 17.2 Å². The summed E-state index contributed by atoms with van der Waals surface area (Å²) >= 11 is 7.07. The number of hydrogen-bond donors (Lipinski definition) is 2. The van der Waals surface area contributed by atoms with E-state index in [1.807, 2.05) is 13.8 Å². The second-order valence-electron chi connectivity index (χ2n) is 7.43. The normalized spacial score (nSPS) is 10.8. The summed E-state index contributed by atoms with van der Waals surface area (Å²) in [6, 6.07) is 10.9. The molecule has 2 amide bonds. The van der Waals surface area contributed by atoms with Gasteiger partial charge in [0.15, 0.2) is 11.0 Å². The van der Waals surface area contributed by atoms with Crippen LogP contribution in [-0.4, -0.2) is 39.4 Å². The lowest BCUT2D eigenvalue weighted by molar-refractivity contribution is -0.119. The van der Waals surface area contributed by atoms with Gasteiger partial charge in [0.2, 0.25) is 5.91 Å². The molecule has 2 N–H and O–H groups in total. The molecule has 3 aromatic rings. The molecular formula is C22H23ClFN5O3S. The van der Waals surface area contributed by atoms with Gasteiger partial charge in [0, 0.05) is 11.6 Å². The number of hydrazine groups is 1. The SMILES string of the molecule is COc1ccc(Cl)cc1C(=O)NNC(=O)CSc1nnc(-c2ccccc2F)n1CC(C)C. The van der Waals surface area contributed by atoms with Crippen molar-refractivity contribution in [2.75, 3.05) is 12.9 Å². The number of halogens is 2. The average Bonchev–Trinajstić information content (AvgIpc) is 3.17. The third-order valence-corrected chi connectivity index (χ3v) is 5.64. The molecule has 11 heteroatoms. The van der Waals surface area contributed by atoms with E-state index >= 15 is 0 Å². The smallest absolute Gasteiger partial charge is 0.273 e. The minimum atomic E-state index is -0.572. The monoisotopic (exact) mass is 491 g/mol. The Morgan fingerprint density at radius 1 is 1.18 bits per heavy atom. The van der Waals surface area contributed by atoms with Crippen LogP contribution in [-0.2, 0) is 11.3 Å². The standard InChI is InChI=1S/C22H23ClFN5O3S/c1-13(2)11-29-20(15-6-4-5-7-17(15)24)26-28-22(29)33-12-19(30)25-27-21(31)16-10-14(23)8-9-18(16)32-3/h4-10,13H,11-12H2,1-3H3,(H,25,30)(H,27,31). The molecule has 0 unspecified atom stereocenters. The lowest BCUT2D eigenvalue weighted by Crippen LogP contribution is -2.42. The van der Waals surface area contributed by atoms with Gasteiger partial charge in [0.1, 0.15) is 11.6 Å². The van der Waals surface area contributed by atoms with Crippen molar-refractivity contribution in [3.05, 3.63) is 58.9 Å².